The molecule has 0 unspecified atom stereocenters. The number of rotatable bonds is 1. The molecule has 78 valence electrons. The molecule has 0 aliphatic carbocycles. The second kappa shape index (κ2) is 3.46. The van der Waals surface area contributed by atoms with Gasteiger partial charge in [0.05, 0.1) is 6.20 Å². The van der Waals surface area contributed by atoms with Crippen molar-refractivity contribution in [2.24, 2.45) is 0 Å². The molecule has 14 heavy (non-hydrogen) atoms. The Bertz CT molecular complexity index is 331. The number of hydroxylamine groups is 1. The van der Waals surface area contributed by atoms with Crippen LogP contribution in [0, 0.1) is 12.1 Å². The summed E-state index contributed by atoms with van der Waals surface area (Å²) in [5.74, 6) is 0.239. The number of anilines is 1. The van der Waals surface area contributed by atoms with Crippen molar-refractivity contribution in [3.8, 4) is 0 Å². The molecule has 1 rings (SSSR count). The Morgan fingerprint density at radius 2 is 1.93 bits per heavy atom. The second-order valence-corrected chi connectivity index (χ2v) is 4.37. The molecular weight excluding hydrogens is 180 g/mol. The third-order valence-electron chi connectivity index (χ3n) is 1.89. The maximum absolute atomic E-state index is 11.4. The highest BCUT2D eigenvalue weighted by Crippen LogP contribution is 2.17. The molecule has 4 heteroatoms. The van der Waals surface area contributed by atoms with E-state index in [9.17, 15) is 10.4 Å². The van der Waals surface area contributed by atoms with E-state index in [0.717, 1.165) is 10.6 Å². The summed E-state index contributed by atoms with van der Waals surface area (Å²) >= 11 is 0. The third-order valence-corrected chi connectivity index (χ3v) is 1.89. The topological polar surface area (TPSA) is 50.4 Å². The summed E-state index contributed by atoms with van der Waals surface area (Å²) < 4.78 is 0.667. The van der Waals surface area contributed by atoms with E-state index in [1.807, 2.05) is 27.7 Å². The van der Waals surface area contributed by atoms with Crippen LogP contribution >= 0.6 is 0 Å². The summed E-state index contributed by atoms with van der Waals surface area (Å²) in [6.07, 6.45) is 1.43. The summed E-state index contributed by atoms with van der Waals surface area (Å²) in [5.41, 5.74) is 0.382. The molecule has 1 heterocycles. The molecule has 0 bridgehead atoms. The van der Waals surface area contributed by atoms with Gasteiger partial charge >= 0.3 is 5.82 Å². The lowest BCUT2D eigenvalue weighted by Crippen LogP contribution is -2.46. The fraction of sp³-hybridized carbons (Fsp3) is 0.500. The van der Waals surface area contributed by atoms with Crippen molar-refractivity contribution < 1.29 is 9.94 Å². The predicted molar refractivity (Wildman–Crippen MR) is 54.2 cm³/mol. The highest BCUT2D eigenvalue weighted by molar-refractivity contribution is 5.33. The molecular formula is C10H16N2O2. The van der Waals surface area contributed by atoms with Gasteiger partial charge < -0.3 is 5.21 Å². The van der Waals surface area contributed by atoms with Gasteiger partial charge in [0.2, 0.25) is 0 Å². The fourth-order valence-corrected chi connectivity index (χ4v) is 1.08. The Labute approximate surface area is 83.9 Å². The van der Waals surface area contributed by atoms with Crippen LogP contribution in [-0.4, -0.2) is 10.7 Å². The number of nitrogens with zero attached hydrogens (tertiary/aromatic N) is 2. The van der Waals surface area contributed by atoms with Crippen LogP contribution < -0.4 is 9.79 Å². The van der Waals surface area contributed by atoms with Gasteiger partial charge in [0.1, 0.15) is 5.54 Å². The van der Waals surface area contributed by atoms with Crippen molar-refractivity contribution in [2.75, 3.05) is 5.06 Å². The first kappa shape index (κ1) is 10.8. The van der Waals surface area contributed by atoms with Crippen molar-refractivity contribution in [3.63, 3.8) is 0 Å². The van der Waals surface area contributed by atoms with Crippen molar-refractivity contribution >= 4 is 5.82 Å². The van der Waals surface area contributed by atoms with E-state index in [1.54, 1.807) is 12.1 Å². The summed E-state index contributed by atoms with van der Waals surface area (Å²) in [5, 5.41) is 22.2. The van der Waals surface area contributed by atoms with Gasteiger partial charge in [0.25, 0.3) is 0 Å². The molecule has 1 aromatic rings. The highest BCUT2D eigenvalue weighted by Gasteiger charge is 2.29. The molecule has 0 atom stereocenters. The molecule has 1 aromatic heterocycles. The predicted octanol–water partition coefficient (Wildman–Crippen LogP) is 1.62. The summed E-state index contributed by atoms with van der Waals surface area (Å²) in [6, 6.07) is 3.40. The van der Waals surface area contributed by atoms with Crippen LogP contribution in [0.3, 0.4) is 0 Å². The van der Waals surface area contributed by atoms with Crippen molar-refractivity contribution in [3.05, 3.63) is 29.1 Å². The van der Waals surface area contributed by atoms with Gasteiger partial charge in [-0.3, -0.25) is 0 Å². The van der Waals surface area contributed by atoms with Crippen LogP contribution in [-0.2, 0) is 0 Å². The van der Waals surface area contributed by atoms with E-state index in [2.05, 4.69) is 0 Å². The number of aromatic nitrogens is 1. The zero-order valence-corrected chi connectivity index (χ0v) is 8.98. The Balaban J connectivity index is 3.08. The molecule has 4 nitrogen and oxygen atoms in total. The Morgan fingerprint density at radius 1 is 1.36 bits per heavy atom. The largest absolute Gasteiger partial charge is 0.711 e. The minimum Gasteiger partial charge on any atom is -0.711 e. The monoisotopic (exact) mass is 196 g/mol. The Morgan fingerprint density at radius 3 is 2.36 bits per heavy atom. The first-order chi connectivity index (χ1) is 6.32. The molecule has 0 aliphatic rings. The molecule has 0 aliphatic heterocycles. The third kappa shape index (κ3) is 2.14. The standard InChI is InChI=1S/C10H16N2O2/c1-8-5-6-9(11(13)7-8)12(14)10(2,3)4/h5-7,14H,1-4H3. The van der Waals surface area contributed by atoms with E-state index < -0.39 is 5.54 Å². The summed E-state index contributed by atoms with van der Waals surface area (Å²) in [7, 11) is 0. The summed E-state index contributed by atoms with van der Waals surface area (Å²) in [6.45, 7) is 7.31. The number of aryl methyl sites for hydroxylation is 1. The maximum Gasteiger partial charge on any atom is 0.310 e. The molecule has 0 spiro atoms. The number of hydrogen-bond acceptors (Lipinski definition) is 3. The number of pyridine rings is 1. The van der Waals surface area contributed by atoms with Crippen LogP contribution in [0.15, 0.2) is 18.3 Å². The molecule has 0 saturated heterocycles. The van der Waals surface area contributed by atoms with Gasteiger partial charge in [-0.05, 0) is 39.3 Å². The lowest BCUT2D eigenvalue weighted by molar-refractivity contribution is -0.595. The summed E-state index contributed by atoms with van der Waals surface area (Å²) in [4.78, 5) is 0. The SMILES string of the molecule is Cc1ccc(N(O)C(C)(C)C)[n+]([O-])c1. The second-order valence-electron chi connectivity index (χ2n) is 4.37. The minimum absolute atomic E-state index is 0.239. The van der Waals surface area contributed by atoms with E-state index in [1.165, 1.54) is 6.20 Å². The van der Waals surface area contributed by atoms with Gasteiger partial charge in [-0.25, -0.2) is 9.94 Å². The first-order valence-electron chi connectivity index (χ1n) is 4.51. The molecule has 1 N–H and O–H groups in total. The first-order valence-corrected chi connectivity index (χ1v) is 4.51. The molecule has 0 aromatic carbocycles. The average molecular weight is 196 g/mol. The van der Waals surface area contributed by atoms with Gasteiger partial charge in [0.15, 0.2) is 0 Å². The van der Waals surface area contributed by atoms with E-state index in [0.29, 0.717) is 4.73 Å². The van der Waals surface area contributed by atoms with Gasteiger partial charge in [0, 0.05) is 6.07 Å². The van der Waals surface area contributed by atoms with Crippen LogP contribution in [0.25, 0.3) is 0 Å². The molecule has 0 fully saturated rings. The maximum atomic E-state index is 11.4. The van der Waals surface area contributed by atoms with Crippen molar-refractivity contribution in [1.29, 1.82) is 0 Å². The average Bonchev–Trinajstić information content (AvgIpc) is 2.01. The van der Waals surface area contributed by atoms with Gasteiger partial charge in [-0.1, -0.05) is 0 Å². The zero-order chi connectivity index (χ0) is 10.9. The lowest BCUT2D eigenvalue weighted by atomic mass is 10.1. The molecule has 0 radical (unpaired) electrons. The lowest BCUT2D eigenvalue weighted by Gasteiger charge is -2.25. The van der Waals surface area contributed by atoms with E-state index in [4.69, 9.17) is 0 Å². The van der Waals surface area contributed by atoms with Crippen molar-refractivity contribution in [1.82, 2.24) is 0 Å². The van der Waals surface area contributed by atoms with Crippen molar-refractivity contribution in [2.45, 2.75) is 33.2 Å². The van der Waals surface area contributed by atoms with Crippen LogP contribution in [0.1, 0.15) is 26.3 Å². The van der Waals surface area contributed by atoms with Crippen LogP contribution in [0.5, 0.6) is 0 Å². The van der Waals surface area contributed by atoms with Gasteiger partial charge in [-0.15, -0.1) is 5.06 Å². The Hall–Kier alpha value is -1.29. The zero-order valence-electron chi connectivity index (χ0n) is 8.98. The fourth-order valence-electron chi connectivity index (χ4n) is 1.08. The quantitative estimate of drug-likeness (QED) is 0.422. The highest BCUT2D eigenvalue weighted by atomic mass is 16.5. The van der Waals surface area contributed by atoms with E-state index >= 15 is 0 Å². The van der Waals surface area contributed by atoms with E-state index in [-0.39, 0.29) is 5.82 Å². The molecule has 0 amide bonds. The smallest absolute Gasteiger partial charge is 0.310 e. The normalized spacial score (nSPS) is 11.5. The van der Waals surface area contributed by atoms with Gasteiger partial charge in [-0.2, -0.15) is 0 Å². The minimum atomic E-state index is -0.485. The van der Waals surface area contributed by atoms with Crippen LogP contribution in [0.4, 0.5) is 5.82 Å². The van der Waals surface area contributed by atoms with Crippen LogP contribution in [0.2, 0.25) is 0 Å². The number of hydrogen-bond donors (Lipinski definition) is 1. The molecule has 0 saturated carbocycles. The Kier molecular flexibility index (Phi) is 2.66.